The highest BCUT2D eigenvalue weighted by molar-refractivity contribution is 7.16. The van der Waals surface area contributed by atoms with Gasteiger partial charge in [-0.05, 0) is 26.0 Å². The molecular weight excluding hydrogens is 509 g/mol. The number of hydrogen-bond donors (Lipinski definition) is 0. The quantitative estimate of drug-likeness (QED) is 0.372. The van der Waals surface area contributed by atoms with Crippen LogP contribution < -0.4 is 9.64 Å². The smallest absolute Gasteiger partial charge is 0.443 e. The van der Waals surface area contributed by atoms with Crippen molar-refractivity contribution in [3.8, 4) is 17.3 Å². The number of imidazole rings is 1. The number of piperazine rings is 1. The van der Waals surface area contributed by atoms with E-state index in [9.17, 15) is 18.0 Å². The first-order valence-electron chi connectivity index (χ1n) is 11.6. The van der Waals surface area contributed by atoms with Crippen molar-refractivity contribution in [2.24, 2.45) is 0 Å². The van der Waals surface area contributed by atoms with Crippen LogP contribution in [0.1, 0.15) is 18.9 Å². The maximum absolute atomic E-state index is 13.6. The molecule has 0 radical (unpaired) electrons. The molecule has 14 heteroatoms. The van der Waals surface area contributed by atoms with Crippen LogP contribution in [-0.2, 0) is 17.5 Å². The van der Waals surface area contributed by atoms with Crippen LogP contribution in [0.25, 0.3) is 22.4 Å². The van der Waals surface area contributed by atoms with Crippen molar-refractivity contribution in [3.05, 3.63) is 42.1 Å². The predicted octanol–water partition coefficient (Wildman–Crippen LogP) is 3.50. The standard InChI is InChI=1S/C23H23F3N8O2S/c1-3-36-22-28-9-15(10-29-22)18-20(37-21(31-18)23(24,25)26)32-7-8-34(14(2)11-32)17(35)12-33-13-30-16-5-4-6-27-19(16)33/h4-6,9-10,13-14H,3,7-8,11-12H2,1-2H3/t14-/m1/s1. The number of halogens is 3. The summed E-state index contributed by atoms with van der Waals surface area (Å²) in [7, 11) is 0. The first-order chi connectivity index (χ1) is 17.7. The van der Waals surface area contributed by atoms with Crippen LogP contribution in [0.5, 0.6) is 6.01 Å². The van der Waals surface area contributed by atoms with Gasteiger partial charge in [0.1, 0.15) is 22.8 Å². The van der Waals surface area contributed by atoms with E-state index in [4.69, 9.17) is 4.74 Å². The van der Waals surface area contributed by atoms with Crippen molar-refractivity contribution in [2.45, 2.75) is 32.6 Å². The van der Waals surface area contributed by atoms with Gasteiger partial charge < -0.3 is 19.1 Å². The minimum absolute atomic E-state index is 0.0748. The first kappa shape index (κ1) is 24.9. The third-order valence-corrected chi connectivity index (χ3v) is 7.10. The van der Waals surface area contributed by atoms with Crippen LogP contribution in [0.4, 0.5) is 18.2 Å². The Kier molecular flexibility index (Phi) is 6.67. The Morgan fingerprint density at radius 1 is 1.19 bits per heavy atom. The van der Waals surface area contributed by atoms with Crippen LogP contribution >= 0.6 is 11.3 Å². The van der Waals surface area contributed by atoms with Crippen molar-refractivity contribution >= 4 is 33.4 Å². The molecular formula is C23H23F3N8O2S. The van der Waals surface area contributed by atoms with Crippen molar-refractivity contribution in [1.29, 1.82) is 0 Å². The molecule has 1 aliphatic rings. The van der Waals surface area contributed by atoms with Crippen LogP contribution in [-0.4, -0.2) is 72.6 Å². The normalized spacial score (nSPS) is 16.4. The second-order valence-corrected chi connectivity index (χ2v) is 9.44. The molecule has 1 amide bonds. The van der Waals surface area contributed by atoms with E-state index in [1.807, 2.05) is 17.9 Å². The lowest BCUT2D eigenvalue weighted by Gasteiger charge is -2.40. The molecule has 194 valence electrons. The summed E-state index contributed by atoms with van der Waals surface area (Å²) < 4.78 is 47.7. The molecule has 1 fully saturated rings. The van der Waals surface area contributed by atoms with E-state index >= 15 is 0 Å². The van der Waals surface area contributed by atoms with Gasteiger partial charge in [0.2, 0.25) is 10.9 Å². The molecule has 0 aromatic carbocycles. The number of rotatable bonds is 6. The van der Waals surface area contributed by atoms with Gasteiger partial charge in [0.25, 0.3) is 0 Å². The van der Waals surface area contributed by atoms with E-state index in [2.05, 4.69) is 24.9 Å². The van der Waals surface area contributed by atoms with Gasteiger partial charge in [-0.2, -0.15) is 13.2 Å². The molecule has 4 aromatic heterocycles. The Morgan fingerprint density at radius 2 is 1.97 bits per heavy atom. The highest BCUT2D eigenvalue weighted by Gasteiger charge is 2.38. The zero-order chi connectivity index (χ0) is 26.2. The van der Waals surface area contributed by atoms with Crippen LogP contribution in [0, 0.1) is 0 Å². The fraction of sp³-hybridized carbons (Fsp3) is 0.391. The van der Waals surface area contributed by atoms with Crippen LogP contribution in [0.15, 0.2) is 37.1 Å². The molecule has 4 aromatic rings. The number of nitrogens with zero attached hydrogens (tertiary/aromatic N) is 8. The topological polar surface area (TPSA) is 102 Å². The number of aromatic nitrogens is 6. The second kappa shape index (κ2) is 9.92. The summed E-state index contributed by atoms with van der Waals surface area (Å²) in [5.74, 6) is -0.113. The van der Waals surface area contributed by atoms with E-state index in [1.54, 1.807) is 35.0 Å². The lowest BCUT2D eigenvalue weighted by Crippen LogP contribution is -2.54. The maximum Gasteiger partial charge on any atom is 0.443 e. The maximum atomic E-state index is 13.6. The van der Waals surface area contributed by atoms with Crippen LogP contribution in [0.3, 0.4) is 0 Å². The first-order valence-corrected chi connectivity index (χ1v) is 12.4. The summed E-state index contributed by atoms with van der Waals surface area (Å²) >= 11 is 0.578. The van der Waals surface area contributed by atoms with Gasteiger partial charge in [-0.1, -0.05) is 11.3 Å². The van der Waals surface area contributed by atoms with E-state index in [0.29, 0.717) is 59.3 Å². The predicted molar refractivity (Wildman–Crippen MR) is 130 cm³/mol. The summed E-state index contributed by atoms with van der Waals surface area (Å²) in [6.45, 7) is 5.14. The Bertz CT molecular complexity index is 1410. The number of fused-ring (bicyclic) bond motifs is 1. The average Bonchev–Trinajstić information content (AvgIpc) is 3.50. The number of anilines is 1. The molecule has 0 spiro atoms. The van der Waals surface area contributed by atoms with E-state index in [0.717, 1.165) is 0 Å². The van der Waals surface area contributed by atoms with E-state index in [-0.39, 0.29) is 30.2 Å². The molecule has 0 N–H and O–H groups in total. The molecule has 0 unspecified atom stereocenters. The van der Waals surface area contributed by atoms with Crippen LogP contribution in [0.2, 0.25) is 0 Å². The van der Waals surface area contributed by atoms with Gasteiger partial charge in [-0.25, -0.2) is 24.9 Å². The third-order valence-electron chi connectivity index (χ3n) is 5.94. The van der Waals surface area contributed by atoms with Gasteiger partial charge in [-0.3, -0.25) is 4.79 Å². The largest absolute Gasteiger partial charge is 0.464 e. The molecule has 5 rings (SSSR count). The Morgan fingerprint density at radius 3 is 2.68 bits per heavy atom. The van der Waals surface area contributed by atoms with Crippen molar-refractivity contribution < 1.29 is 22.7 Å². The van der Waals surface area contributed by atoms with Crippen molar-refractivity contribution in [3.63, 3.8) is 0 Å². The van der Waals surface area contributed by atoms with Gasteiger partial charge in [0, 0.05) is 49.8 Å². The van der Waals surface area contributed by atoms with Crippen molar-refractivity contribution in [1.82, 2.24) is 34.4 Å². The molecule has 1 aliphatic heterocycles. The Labute approximate surface area is 213 Å². The summed E-state index contributed by atoms with van der Waals surface area (Å²) in [6, 6.07) is 3.49. The highest BCUT2D eigenvalue weighted by Crippen LogP contribution is 2.43. The number of amides is 1. The summed E-state index contributed by atoms with van der Waals surface area (Å²) in [6.07, 6.45) is 1.45. The Hall–Kier alpha value is -3.81. The van der Waals surface area contributed by atoms with Gasteiger partial charge in [0.05, 0.1) is 12.9 Å². The second-order valence-electron chi connectivity index (χ2n) is 8.46. The summed E-state index contributed by atoms with van der Waals surface area (Å²) in [5, 5.41) is -0.583. The van der Waals surface area contributed by atoms with E-state index < -0.39 is 11.2 Å². The minimum atomic E-state index is -4.59. The molecule has 5 heterocycles. The molecule has 1 atom stereocenters. The van der Waals surface area contributed by atoms with E-state index in [1.165, 1.54) is 12.4 Å². The van der Waals surface area contributed by atoms with Crippen molar-refractivity contribution in [2.75, 3.05) is 31.1 Å². The fourth-order valence-electron chi connectivity index (χ4n) is 4.24. The number of hydrogen-bond acceptors (Lipinski definition) is 9. The zero-order valence-corrected chi connectivity index (χ0v) is 20.8. The summed E-state index contributed by atoms with van der Waals surface area (Å²) in [4.78, 5) is 37.3. The zero-order valence-electron chi connectivity index (χ0n) is 20.0. The molecule has 0 aliphatic carbocycles. The number of ether oxygens (including phenoxy) is 1. The number of pyridine rings is 1. The lowest BCUT2D eigenvalue weighted by atomic mass is 10.1. The minimum Gasteiger partial charge on any atom is -0.464 e. The number of alkyl halides is 3. The number of thiazole rings is 1. The monoisotopic (exact) mass is 532 g/mol. The van der Waals surface area contributed by atoms with Gasteiger partial charge >= 0.3 is 12.2 Å². The highest BCUT2D eigenvalue weighted by atomic mass is 32.1. The van der Waals surface area contributed by atoms with Gasteiger partial charge in [-0.15, -0.1) is 0 Å². The Balaban J connectivity index is 1.35. The fourth-order valence-corrected chi connectivity index (χ4v) is 5.23. The number of carbonyl (C=O) groups is 1. The molecule has 10 nitrogen and oxygen atoms in total. The number of carbonyl (C=O) groups excluding carboxylic acids is 1. The SMILES string of the molecule is CCOc1ncc(-c2nc(C(F)(F)F)sc2N2CCN(C(=O)Cn3cnc4cccnc43)[C@H](C)C2)cn1. The summed E-state index contributed by atoms with van der Waals surface area (Å²) in [5.41, 5.74) is 1.83. The molecule has 0 bridgehead atoms. The molecule has 0 saturated carbocycles. The molecule has 37 heavy (non-hydrogen) atoms. The third kappa shape index (κ3) is 5.05. The lowest BCUT2D eigenvalue weighted by molar-refractivity contribution is -0.137. The molecule has 1 saturated heterocycles. The van der Waals surface area contributed by atoms with Gasteiger partial charge in [0.15, 0.2) is 5.65 Å². The average molecular weight is 533 g/mol.